The molecular weight excluding hydrogens is 389 g/mol. The molecule has 0 unspecified atom stereocenters. The number of guanidine groups is 1. The molecule has 2 aromatic rings. The van der Waals surface area contributed by atoms with Gasteiger partial charge in [-0.15, -0.1) is 24.0 Å². The Labute approximate surface area is 149 Å². The Balaban J connectivity index is 0.00000242. The van der Waals surface area contributed by atoms with E-state index in [1.165, 1.54) is 11.1 Å². The van der Waals surface area contributed by atoms with Crippen molar-refractivity contribution in [2.24, 2.45) is 12.0 Å². The van der Waals surface area contributed by atoms with Crippen LogP contribution in [0.3, 0.4) is 0 Å². The number of aryl methyl sites for hydroxylation is 2. The van der Waals surface area contributed by atoms with Gasteiger partial charge in [0.2, 0.25) is 0 Å². The van der Waals surface area contributed by atoms with Gasteiger partial charge in [0, 0.05) is 26.8 Å². The molecule has 0 saturated heterocycles. The second-order valence-corrected chi connectivity index (χ2v) is 5.04. The third kappa shape index (κ3) is 5.67. The highest BCUT2D eigenvalue weighted by Gasteiger charge is 2.01. The summed E-state index contributed by atoms with van der Waals surface area (Å²) >= 11 is 0. The Kier molecular flexibility index (Phi) is 7.94. The first-order valence-corrected chi connectivity index (χ1v) is 7.16. The van der Waals surface area contributed by atoms with Gasteiger partial charge in [0.15, 0.2) is 5.96 Å². The van der Waals surface area contributed by atoms with Gasteiger partial charge in [0.1, 0.15) is 0 Å². The molecule has 5 nitrogen and oxygen atoms in total. The van der Waals surface area contributed by atoms with Gasteiger partial charge in [-0.3, -0.25) is 9.67 Å². The highest BCUT2D eigenvalue weighted by Crippen LogP contribution is 2.03. The predicted octanol–water partition coefficient (Wildman–Crippen LogP) is 2.25. The van der Waals surface area contributed by atoms with Crippen LogP contribution in [0.1, 0.15) is 16.8 Å². The third-order valence-corrected chi connectivity index (χ3v) is 3.37. The lowest BCUT2D eigenvalue weighted by Crippen LogP contribution is -2.38. The average molecular weight is 413 g/mol. The van der Waals surface area contributed by atoms with E-state index in [4.69, 9.17) is 0 Å². The molecule has 0 aliphatic carbocycles. The smallest absolute Gasteiger partial charge is 0.191 e. The molecule has 0 bridgehead atoms. The first kappa shape index (κ1) is 18.5. The van der Waals surface area contributed by atoms with Crippen LogP contribution >= 0.6 is 24.0 Å². The van der Waals surface area contributed by atoms with Crippen LogP contribution in [0.5, 0.6) is 0 Å². The molecule has 0 radical (unpaired) electrons. The molecule has 0 atom stereocenters. The molecule has 1 aromatic carbocycles. The van der Waals surface area contributed by atoms with Crippen LogP contribution in [-0.2, 0) is 20.0 Å². The minimum atomic E-state index is 0. The van der Waals surface area contributed by atoms with Crippen LogP contribution in [0.15, 0.2) is 41.5 Å². The lowest BCUT2D eigenvalue weighted by atomic mass is 10.1. The van der Waals surface area contributed by atoms with Crippen LogP contribution in [0, 0.1) is 6.92 Å². The zero-order valence-electron chi connectivity index (χ0n) is 13.3. The molecule has 2 rings (SSSR count). The first-order chi connectivity index (χ1) is 10.2. The van der Waals surface area contributed by atoms with Crippen LogP contribution in [0.25, 0.3) is 0 Å². The number of rotatable bonds is 5. The molecule has 0 saturated carbocycles. The number of aliphatic imine (C=N–C) groups is 1. The number of hydrogen-bond donors (Lipinski definition) is 2. The maximum atomic E-state index is 4.23. The molecule has 0 spiro atoms. The second-order valence-electron chi connectivity index (χ2n) is 5.04. The van der Waals surface area contributed by atoms with E-state index in [1.807, 2.05) is 17.8 Å². The first-order valence-electron chi connectivity index (χ1n) is 7.16. The van der Waals surface area contributed by atoms with E-state index in [2.05, 4.69) is 51.9 Å². The molecule has 1 heterocycles. The molecule has 0 fully saturated rings. The van der Waals surface area contributed by atoms with Crippen LogP contribution < -0.4 is 10.6 Å². The number of halogens is 1. The number of hydrogen-bond acceptors (Lipinski definition) is 2. The average Bonchev–Trinajstić information content (AvgIpc) is 2.88. The van der Waals surface area contributed by atoms with E-state index in [-0.39, 0.29) is 24.0 Å². The van der Waals surface area contributed by atoms with Crippen molar-refractivity contribution in [3.63, 3.8) is 0 Å². The Morgan fingerprint density at radius 3 is 2.73 bits per heavy atom. The summed E-state index contributed by atoms with van der Waals surface area (Å²) in [5.74, 6) is 0.809. The van der Waals surface area contributed by atoms with Gasteiger partial charge in [-0.1, -0.05) is 29.8 Å². The zero-order chi connectivity index (χ0) is 15.1. The van der Waals surface area contributed by atoms with Crippen molar-refractivity contribution in [1.82, 2.24) is 20.4 Å². The maximum absolute atomic E-state index is 4.23. The number of benzene rings is 1. The summed E-state index contributed by atoms with van der Waals surface area (Å²) in [5.41, 5.74) is 3.76. The van der Waals surface area contributed by atoms with Gasteiger partial charge in [-0.2, -0.15) is 5.10 Å². The van der Waals surface area contributed by atoms with Gasteiger partial charge in [-0.05, 0) is 25.0 Å². The molecule has 0 amide bonds. The van der Waals surface area contributed by atoms with E-state index >= 15 is 0 Å². The maximum Gasteiger partial charge on any atom is 0.191 e. The summed E-state index contributed by atoms with van der Waals surface area (Å²) in [6.07, 6.45) is 2.78. The lowest BCUT2D eigenvalue weighted by molar-refractivity contribution is 0.684. The summed E-state index contributed by atoms with van der Waals surface area (Å²) in [5, 5.41) is 10.8. The highest BCUT2D eigenvalue weighted by molar-refractivity contribution is 14.0. The normalized spacial score (nSPS) is 11.0. The van der Waals surface area contributed by atoms with Crippen molar-refractivity contribution in [2.45, 2.75) is 19.9 Å². The SMILES string of the molecule is CN=C(NCCc1cccc(C)c1)NCc1ccnn1C.I. The van der Waals surface area contributed by atoms with Crippen LogP contribution in [-0.4, -0.2) is 29.3 Å². The lowest BCUT2D eigenvalue weighted by Gasteiger charge is -2.12. The summed E-state index contributed by atoms with van der Waals surface area (Å²) in [4.78, 5) is 4.23. The third-order valence-electron chi connectivity index (χ3n) is 3.37. The Morgan fingerprint density at radius 2 is 2.09 bits per heavy atom. The van der Waals surface area contributed by atoms with Crippen molar-refractivity contribution < 1.29 is 0 Å². The van der Waals surface area contributed by atoms with Gasteiger partial charge in [0.05, 0.1) is 12.2 Å². The Bertz CT molecular complexity index is 606. The molecule has 120 valence electrons. The van der Waals surface area contributed by atoms with Crippen LogP contribution in [0.2, 0.25) is 0 Å². The second kappa shape index (κ2) is 9.45. The van der Waals surface area contributed by atoms with E-state index in [0.717, 1.165) is 24.6 Å². The molecule has 0 aliphatic rings. The monoisotopic (exact) mass is 413 g/mol. The van der Waals surface area contributed by atoms with Crippen molar-refractivity contribution in [3.8, 4) is 0 Å². The van der Waals surface area contributed by atoms with Gasteiger partial charge in [0.25, 0.3) is 0 Å². The standard InChI is InChI=1S/C16H23N5.HI/c1-13-5-4-6-14(11-13)7-9-18-16(17-2)19-12-15-8-10-20-21(15)3;/h4-6,8,10-11H,7,9,12H2,1-3H3,(H2,17,18,19);1H. The van der Waals surface area contributed by atoms with Crippen molar-refractivity contribution >= 4 is 29.9 Å². The fourth-order valence-corrected chi connectivity index (χ4v) is 2.16. The van der Waals surface area contributed by atoms with Crippen molar-refractivity contribution in [2.75, 3.05) is 13.6 Å². The zero-order valence-corrected chi connectivity index (χ0v) is 15.7. The molecule has 6 heteroatoms. The number of nitrogens with zero attached hydrogens (tertiary/aromatic N) is 3. The van der Waals surface area contributed by atoms with E-state index in [0.29, 0.717) is 6.54 Å². The van der Waals surface area contributed by atoms with Gasteiger partial charge >= 0.3 is 0 Å². The van der Waals surface area contributed by atoms with Crippen molar-refractivity contribution in [3.05, 3.63) is 53.3 Å². The quantitative estimate of drug-likeness (QED) is 0.449. The highest BCUT2D eigenvalue weighted by atomic mass is 127. The molecular formula is C16H24IN5. The number of aromatic nitrogens is 2. The van der Waals surface area contributed by atoms with E-state index < -0.39 is 0 Å². The predicted molar refractivity (Wildman–Crippen MR) is 102 cm³/mol. The van der Waals surface area contributed by atoms with E-state index in [9.17, 15) is 0 Å². The van der Waals surface area contributed by atoms with Gasteiger partial charge in [-0.25, -0.2) is 0 Å². The van der Waals surface area contributed by atoms with Gasteiger partial charge < -0.3 is 10.6 Å². The fourth-order valence-electron chi connectivity index (χ4n) is 2.16. The minimum Gasteiger partial charge on any atom is -0.356 e. The molecule has 22 heavy (non-hydrogen) atoms. The van der Waals surface area contributed by atoms with Crippen LogP contribution in [0.4, 0.5) is 0 Å². The van der Waals surface area contributed by atoms with E-state index in [1.54, 1.807) is 13.2 Å². The Morgan fingerprint density at radius 1 is 1.27 bits per heavy atom. The summed E-state index contributed by atoms with van der Waals surface area (Å²) < 4.78 is 1.85. The topological polar surface area (TPSA) is 54.2 Å². The summed E-state index contributed by atoms with van der Waals surface area (Å²) in [6.45, 7) is 3.68. The summed E-state index contributed by atoms with van der Waals surface area (Å²) in [7, 11) is 3.72. The van der Waals surface area contributed by atoms with Crippen molar-refractivity contribution in [1.29, 1.82) is 0 Å². The fraction of sp³-hybridized carbons (Fsp3) is 0.375. The number of nitrogens with one attached hydrogen (secondary N) is 2. The molecule has 2 N–H and O–H groups in total. The molecule has 1 aromatic heterocycles. The molecule has 0 aliphatic heterocycles. The minimum absolute atomic E-state index is 0. The summed E-state index contributed by atoms with van der Waals surface area (Å²) in [6, 6.07) is 10.6. The largest absolute Gasteiger partial charge is 0.356 e. The Hall–Kier alpha value is -1.57.